The summed E-state index contributed by atoms with van der Waals surface area (Å²) in [7, 11) is 0. The van der Waals surface area contributed by atoms with Gasteiger partial charge in [-0.3, -0.25) is 9.59 Å². The summed E-state index contributed by atoms with van der Waals surface area (Å²) in [5, 5.41) is 5.69. The molecule has 2 heterocycles. The first kappa shape index (κ1) is 14.0. The highest BCUT2D eigenvalue weighted by atomic mass is 32.1. The normalized spacial score (nSPS) is 23.9. The van der Waals surface area contributed by atoms with Gasteiger partial charge < -0.3 is 10.2 Å². The van der Waals surface area contributed by atoms with Crippen LogP contribution in [0.4, 0.5) is 0 Å². The smallest absolute Gasteiger partial charge is 0.246 e. The summed E-state index contributed by atoms with van der Waals surface area (Å²) in [5.41, 5.74) is 0.847. The molecule has 2 atom stereocenters. The van der Waals surface area contributed by atoms with Gasteiger partial charge in [0.25, 0.3) is 0 Å². The molecule has 1 N–H and O–H groups in total. The van der Waals surface area contributed by atoms with E-state index in [1.165, 1.54) is 0 Å². The maximum Gasteiger partial charge on any atom is 0.246 e. The molecule has 2 amide bonds. The molecule has 1 aliphatic rings. The minimum atomic E-state index is -0.440. The number of carbonyl (C=O) groups is 2. The lowest BCUT2D eigenvalue weighted by Crippen LogP contribution is -2.63. The fourth-order valence-corrected chi connectivity index (χ4v) is 2.77. The molecule has 104 valence electrons. The van der Waals surface area contributed by atoms with Crippen LogP contribution in [0, 0.1) is 12.8 Å². The number of amides is 2. The van der Waals surface area contributed by atoms with E-state index in [1.807, 2.05) is 26.2 Å². The summed E-state index contributed by atoms with van der Waals surface area (Å²) in [6.07, 6.45) is 0. The number of thiazole rings is 1. The molecule has 2 unspecified atom stereocenters. The van der Waals surface area contributed by atoms with E-state index in [-0.39, 0.29) is 17.7 Å². The number of aryl methyl sites for hydroxylation is 1. The molecule has 5 nitrogen and oxygen atoms in total. The SMILES string of the molecule is Cc1nc(CN2C(=O)C(C(C)C)NC(=O)C2C)cs1. The van der Waals surface area contributed by atoms with Crippen molar-refractivity contribution in [2.75, 3.05) is 0 Å². The summed E-state index contributed by atoms with van der Waals surface area (Å²) in [6, 6.07) is -0.868. The number of piperazine rings is 1. The van der Waals surface area contributed by atoms with Crippen molar-refractivity contribution in [3.8, 4) is 0 Å². The molecule has 19 heavy (non-hydrogen) atoms. The predicted octanol–water partition coefficient (Wildman–Crippen LogP) is 1.32. The molecule has 6 heteroatoms. The van der Waals surface area contributed by atoms with E-state index >= 15 is 0 Å². The second kappa shape index (κ2) is 5.28. The largest absolute Gasteiger partial charge is 0.342 e. The molecule has 0 bridgehead atoms. The number of hydrogen-bond donors (Lipinski definition) is 1. The fourth-order valence-electron chi connectivity index (χ4n) is 2.17. The monoisotopic (exact) mass is 281 g/mol. The summed E-state index contributed by atoms with van der Waals surface area (Å²) in [4.78, 5) is 30.3. The van der Waals surface area contributed by atoms with Crippen LogP contribution in [-0.2, 0) is 16.1 Å². The molecule has 1 fully saturated rings. The molecular formula is C13H19N3O2S. The van der Waals surface area contributed by atoms with Crippen LogP contribution in [0.3, 0.4) is 0 Å². The Morgan fingerprint density at radius 1 is 1.47 bits per heavy atom. The Morgan fingerprint density at radius 2 is 2.16 bits per heavy atom. The van der Waals surface area contributed by atoms with E-state index in [4.69, 9.17) is 0 Å². The van der Waals surface area contributed by atoms with Gasteiger partial charge in [-0.2, -0.15) is 0 Å². The second-order valence-corrected chi connectivity index (χ2v) is 6.29. The van der Waals surface area contributed by atoms with Crippen LogP contribution < -0.4 is 5.32 Å². The summed E-state index contributed by atoms with van der Waals surface area (Å²) < 4.78 is 0. The third-order valence-corrected chi connectivity index (χ3v) is 4.18. The van der Waals surface area contributed by atoms with Crippen LogP contribution in [0.25, 0.3) is 0 Å². The standard InChI is InChI=1S/C13H19N3O2S/c1-7(2)11-13(18)16(8(3)12(17)15-11)5-10-6-19-9(4)14-10/h6-8,11H,5H2,1-4H3,(H,15,17). The van der Waals surface area contributed by atoms with E-state index in [2.05, 4.69) is 10.3 Å². The highest BCUT2D eigenvalue weighted by Crippen LogP contribution is 2.19. The van der Waals surface area contributed by atoms with Gasteiger partial charge in [0.2, 0.25) is 11.8 Å². The highest BCUT2D eigenvalue weighted by Gasteiger charge is 2.39. The molecule has 1 aliphatic heterocycles. The van der Waals surface area contributed by atoms with Gasteiger partial charge in [0, 0.05) is 5.38 Å². The molecule has 1 aromatic heterocycles. The Morgan fingerprint density at radius 3 is 2.68 bits per heavy atom. The number of hydrogen-bond acceptors (Lipinski definition) is 4. The number of aromatic nitrogens is 1. The van der Waals surface area contributed by atoms with Gasteiger partial charge in [-0.15, -0.1) is 11.3 Å². The fraction of sp³-hybridized carbons (Fsp3) is 0.615. The van der Waals surface area contributed by atoms with Crippen LogP contribution in [0.2, 0.25) is 0 Å². The molecule has 1 aromatic rings. The van der Waals surface area contributed by atoms with Crippen LogP contribution in [0.5, 0.6) is 0 Å². The van der Waals surface area contributed by atoms with Crippen molar-refractivity contribution in [2.24, 2.45) is 5.92 Å². The zero-order valence-corrected chi connectivity index (χ0v) is 12.5. The van der Waals surface area contributed by atoms with Gasteiger partial charge >= 0.3 is 0 Å². The van der Waals surface area contributed by atoms with E-state index < -0.39 is 12.1 Å². The first-order valence-electron chi connectivity index (χ1n) is 6.42. The summed E-state index contributed by atoms with van der Waals surface area (Å²) in [6.45, 7) is 7.96. The lowest BCUT2D eigenvalue weighted by molar-refractivity contribution is -0.150. The Labute approximate surface area is 117 Å². The lowest BCUT2D eigenvalue weighted by atomic mass is 9.98. The van der Waals surface area contributed by atoms with Gasteiger partial charge in [-0.25, -0.2) is 4.98 Å². The first-order chi connectivity index (χ1) is 8.90. The quantitative estimate of drug-likeness (QED) is 0.909. The van der Waals surface area contributed by atoms with Gasteiger partial charge in [0.05, 0.1) is 17.2 Å². The zero-order chi connectivity index (χ0) is 14.2. The van der Waals surface area contributed by atoms with Crippen molar-refractivity contribution in [3.63, 3.8) is 0 Å². The van der Waals surface area contributed by atoms with Gasteiger partial charge in [0.1, 0.15) is 12.1 Å². The van der Waals surface area contributed by atoms with Crippen LogP contribution >= 0.6 is 11.3 Å². The van der Waals surface area contributed by atoms with Crippen molar-refractivity contribution < 1.29 is 9.59 Å². The van der Waals surface area contributed by atoms with Crippen molar-refractivity contribution in [1.82, 2.24) is 15.2 Å². The maximum absolute atomic E-state index is 12.4. The number of nitrogens with one attached hydrogen (secondary N) is 1. The Bertz CT molecular complexity index is 498. The summed E-state index contributed by atoms with van der Waals surface area (Å²) in [5.74, 6) is -0.0263. The van der Waals surface area contributed by atoms with Crippen molar-refractivity contribution in [3.05, 3.63) is 16.1 Å². The molecule has 0 spiro atoms. The van der Waals surface area contributed by atoms with Crippen LogP contribution in [0.1, 0.15) is 31.5 Å². The summed E-state index contributed by atoms with van der Waals surface area (Å²) >= 11 is 1.55. The first-order valence-corrected chi connectivity index (χ1v) is 7.30. The van der Waals surface area contributed by atoms with Crippen molar-refractivity contribution in [2.45, 2.75) is 46.3 Å². The van der Waals surface area contributed by atoms with Crippen molar-refractivity contribution in [1.29, 1.82) is 0 Å². The minimum Gasteiger partial charge on any atom is -0.342 e. The Balaban J connectivity index is 2.20. The number of nitrogens with zero attached hydrogens (tertiary/aromatic N) is 2. The van der Waals surface area contributed by atoms with Gasteiger partial charge in [-0.05, 0) is 19.8 Å². The van der Waals surface area contributed by atoms with E-state index in [0.29, 0.717) is 6.54 Å². The highest BCUT2D eigenvalue weighted by molar-refractivity contribution is 7.09. The molecule has 0 aliphatic carbocycles. The molecule has 0 saturated carbocycles. The average molecular weight is 281 g/mol. The predicted molar refractivity (Wildman–Crippen MR) is 73.6 cm³/mol. The molecule has 0 radical (unpaired) electrons. The number of carbonyl (C=O) groups excluding carboxylic acids is 2. The average Bonchev–Trinajstić information content (AvgIpc) is 2.74. The van der Waals surface area contributed by atoms with E-state index in [1.54, 1.807) is 23.2 Å². The van der Waals surface area contributed by atoms with Crippen LogP contribution in [-0.4, -0.2) is 33.8 Å². The Hall–Kier alpha value is -1.43. The van der Waals surface area contributed by atoms with E-state index in [0.717, 1.165) is 10.7 Å². The molecule has 1 saturated heterocycles. The second-order valence-electron chi connectivity index (χ2n) is 5.23. The third kappa shape index (κ3) is 2.78. The van der Waals surface area contributed by atoms with Crippen LogP contribution in [0.15, 0.2) is 5.38 Å². The zero-order valence-electron chi connectivity index (χ0n) is 11.6. The number of rotatable bonds is 3. The minimum absolute atomic E-state index is 0.0206. The Kier molecular flexibility index (Phi) is 3.89. The molecule has 2 rings (SSSR count). The van der Waals surface area contributed by atoms with Gasteiger partial charge in [-0.1, -0.05) is 13.8 Å². The third-order valence-electron chi connectivity index (χ3n) is 3.36. The van der Waals surface area contributed by atoms with Crippen molar-refractivity contribution >= 4 is 23.2 Å². The van der Waals surface area contributed by atoms with Gasteiger partial charge in [0.15, 0.2) is 0 Å². The maximum atomic E-state index is 12.4. The topological polar surface area (TPSA) is 62.3 Å². The molecule has 0 aromatic carbocycles. The lowest BCUT2D eigenvalue weighted by Gasteiger charge is -2.38. The van der Waals surface area contributed by atoms with E-state index in [9.17, 15) is 9.59 Å². The molecular weight excluding hydrogens is 262 g/mol.